The summed E-state index contributed by atoms with van der Waals surface area (Å²) in [5, 5.41) is 2.87. The highest BCUT2D eigenvalue weighted by Crippen LogP contribution is 2.43. The van der Waals surface area contributed by atoms with Crippen LogP contribution in [0.1, 0.15) is 36.0 Å². The molecular formula is C16H23N3O2. The molecule has 21 heavy (non-hydrogen) atoms. The number of carbonyl (C=O) groups excluding carboxylic acids is 2. The first-order valence-electron chi connectivity index (χ1n) is 7.27. The Kier molecular flexibility index (Phi) is 4.63. The number of carbonyl (C=O) groups is 2. The van der Waals surface area contributed by atoms with E-state index in [-0.39, 0.29) is 17.2 Å². The fourth-order valence-corrected chi connectivity index (χ4v) is 2.66. The maximum atomic E-state index is 12.1. The number of nitrogens with zero attached hydrogens (tertiary/aromatic N) is 1. The van der Waals surface area contributed by atoms with Crippen molar-refractivity contribution in [1.29, 1.82) is 0 Å². The molecule has 0 heterocycles. The standard InChI is InChI=1S/C16H23N3O2/c1-19(2)15(21)12-5-3-6-13(9-12)18-14(20)10-16(11-17)7-4-8-16/h3,5-6,9H,4,7-8,10-11,17H2,1-2H3,(H,18,20). The molecule has 114 valence electrons. The highest BCUT2D eigenvalue weighted by atomic mass is 16.2. The van der Waals surface area contributed by atoms with Gasteiger partial charge in [-0.25, -0.2) is 0 Å². The fourth-order valence-electron chi connectivity index (χ4n) is 2.66. The van der Waals surface area contributed by atoms with Gasteiger partial charge in [0.2, 0.25) is 5.91 Å². The molecule has 0 aromatic heterocycles. The lowest BCUT2D eigenvalue weighted by atomic mass is 9.66. The number of hydrogen-bond acceptors (Lipinski definition) is 3. The van der Waals surface area contributed by atoms with Crippen molar-refractivity contribution in [2.75, 3.05) is 26.0 Å². The Morgan fingerprint density at radius 2 is 2.05 bits per heavy atom. The van der Waals surface area contributed by atoms with E-state index >= 15 is 0 Å². The zero-order valence-corrected chi connectivity index (χ0v) is 12.7. The highest BCUT2D eigenvalue weighted by molar-refractivity contribution is 5.97. The van der Waals surface area contributed by atoms with Crippen LogP contribution in [0.25, 0.3) is 0 Å². The number of rotatable bonds is 5. The Hall–Kier alpha value is -1.88. The van der Waals surface area contributed by atoms with Crippen LogP contribution in [0.15, 0.2) is 24.3 Å². The minimum Gasteiger partial charge on any atom is -0.345 e. The normalized spacial score (nSPS) is 16.0. The summed E-state index contributed by atoms with van der Waals surface area (Å²) < 4.78 is 0. The summed E-state index contributed by atoms with van der Waals surface area (Å²) in [5.74, 6) is -0.113. The SMILES string of the molecule is CN(C)C(=O)c1cccc(NC(=O)CC2(CN)CCC2)c1. The molecule has 1 aromatic rings. The van der Waals surface area contributed by atoms with Crippen LogP contribution in [0.2, 0.25) is 0 Å². The van der Waals surface area contributed by atoms with Gasteiger partial charge in [0.1, 0.15) is 0 Å². The third-order valence-electron chi connectivity index (χ3n) is 4.18. The molecule has 1 saturated carbocycles. The van der Waals surface area contributed by atoms with E-state index in [0.29, 0.717) is 24.2 Å². The topological polar surface area (TPSA) is 75.4 Å². The number of anilines is 1. The monoisotopic (exact) mass is 289 g/mol. The number of benzene rings is 1. The Bertz CT molecular complexity index is 531. The van der Waals surface area contributed by atoms with Crippen molar-refractivity contribution in [2.45, 2.75) is 25.7 Å². The summed E-state index contributed by atoms with van der Waals surface area (Å²) in [7, 11) is 3.41. The summed E-state index contributed by atoms with van der Waals surface area (Å²) in [4.78, 5) is 25.6. The fraction of sp³-hybridized carbons (Fsp3) is 0.500. The molecular weight excluding hydrogens is 266 g/mol. The van der Waals surface area contributed by atoms with Crippen molar-refractivity contribution in [2.24, 2.45) is 11.1 Å². The second kappa shape index (κ2) is 6.26. The summed E-state index contributed by atoms with van der Waals surface area (Å²) in [6.07, 6.45) is 3.65. The van der Waals surface area contributed by atoms with E-state index in [9.17, 15) is 9.59 Å². The van der Waals surface area contributed by atoms with E-state index in [2.05, 4.69) is 5.32 Å². The van der Waals surface area contributed by atoms with E-state index in [1.54, 1.807) is 38.4 Å². The van der Waals surface area contributed by atoms with Gasteiger partial charge in [0.25, 0.3) is 5.91 Å². The van der Waals surface area contributed by atoms with Crippen molar-refractivity contribution in [3.05, 3.63) is 29.8 Å². The van der Waals surface area contributed by atoms with Crippen LogP contribution >= 0.6 is 0 Å². The lowest BCUT2D eigenvalue weighted by Crippen LogP contribution is -2.40. The number of hydrogen-bond donors (Lipinski definition) is 2. The summed E-state index contributed by atoms with van der Waals surface area (Å²) >= 11 is 0. The van der Waals surface area contributed by atoms with Gasteiger partial charge in [-0.05, 0) is 43.0 Å². The Morgan fingerprint density at radius 1 is 1.33 bits per heavy atom. The molecule has 1 aliphatic carbocycles. The first-order valence-corrected chi connectivity index (χ1v) is 7.27. The molecule has 0 spiro atoms. The van der Waals surface area contributed by atoms with Crippen molar-refractivity contribution in [1.82, 2.24) is 4.90 Å². The molecule has 5 nitrogen and oxygen atoms in total. The van der Waals surface area contributed by atoms with Crippen LogP contribution in [0, 0.1) is 5.41 Å². The third kappa shape index (κ3) is 3.61. The van der Waals surface area contributed by atoms with Gasteiger partial charge in [0, 0.05) is 31.8 Å². The highest BCUT2D eigenvalue weighted by Gasteiger charge is 2.37. The maximum Gasteiger partial charge on any atom is 0.253 e. The van der Waals surface area contributed by atoms with Gasteiger partial charge in [-0.2, -0.15) is 0 Å². The molecule has 0 unspecified atom stereocenters. The van der Waals surface area contributed by atoms with Gasteiger partial charge in [-0.1, -0.05) is 12.5 Å². The number of nitrogens with two attached hydrogens (primary N) is 1. The Balaban J connectivity index is 2.01. The molecule has 2 rings (SSSR count). The van der Waals surface area contributed by atoms with Crippen LogP contribution in [0.4, 0.5) is 5.69 Å². The van der Waals surface area contributed by atoms with Crippen molar-refractivity contribution >= 4 is 17.5 Å². The average molecular weight is 289 g/mol. The molecule has 1 aromatic carbocycles. The summed E-state index contributed by atoms with van der Waals surface area (Å²) in [6, 6.07) is 7.01. The van der Waals surface area contributed by atoms with Crippen LogP contribution < -0.4 is 11.1 Å². The van der Waals surface area contributed by atoms with E-state index in [0.717, 1.165) is 19.3 Å². The average Bonchev–Trinajstić information content (AvgIpc) is 2.42. The number of nitrogens with one attached hydrogen (secondary N) is 1. The van der Waals surface area contributed by atoms with Crippen LogP contribution in [0.3, 0.4) is 0 Å². The molecule has 2 amide bonds. The molecule has 0 atom stereocenters. The molecule has 0 bridgehead atoms. The number of amides is 2. The van der Waals surface area contributed by atoms with E-state index in [1.165, 1.54) is 4.90 Å². The van der Waals surface area contributed by atoms with Crippen LogP contribution in [-0.2, 0) is 4.79 Å². The lowest BCUT2D eigenvalue weighted by Gasteiger charge is -2.40. The van der Waals surface area contributed by atoms with E-state index in [4.69, 9.17) is 5.73 Å². The summed E-state index contributed by atoms with van der Waals surface area (Å²) in [6.45, 7) is 0.555. The van der Waals surface area contributed by atoms with Gasteiger partial charge >= 0.3 is 0 Å². The first kappa shape index (κ1) is 15.5. The smallest absolute Gasteiger partial charge is 0.253 e. The van der Waals surface area contributed by atoms with Gasteiger partial charge in [0.05, 0.1) is 0 Å². The Labute approximate surface area is 125 Å². The maximum absolute atomic E-state index is 12.1. The zero-order chi connectivity index (χ0) is 15.5. The van der Waals surface area contributed by atoms with Gasteiger partial charge < -0.3 is 16.0 Å². The predicted molar refractivity (Wildman–Crippen MR) is 83.0 cm³/mol. The molecule has 3 N–H and O–H groups in total. The minimum atomic E-state index is -0.0801. The van der Waals surface area contributed by atoms with Gasteiger partial charge in [-0.15, -0.1) is 0 Å². The first-order chi connectivity index (χ1) is 9.96. The van der Waals surface area contributed by atoms with Gasteiger partial charge in [-0.3, -0.25) is 9.59 Å². The van der Waals surface area contributed by atoms with Crippen LogP contribution in [-0.4, -0.2) is 37.4 Å². The molecule has 0 aliphatic heterocycles. The van der Waals surface area contributed by atoms with Crippen molar-refractivity contribution in [3.8, 4) is 0 Å². The van der Waals surface area contributed by atoms with E-state index in [1.807, 2.05) is 0 Å². The third-order valence-corrected chi connectivity index (χ3v) is 4.18. The second-order valence-corrected chi connectivity index (χ2v) is 6.06. The zero-order valence-electron chi connectivity index (χ0n) is 12.7. The molecule has 1 fully saturated rings. The molecule has 1 aliphatic rings. The summed E-state index contributed by atoms with van der Waals surface area (Å²) in [5.41, 5.74) is 6.98. The van der Waals surface area contributed by atoms with Crippen LogP contribution in [0.5, 0.6) is 0 Å². The van der Waals surface area contributed by atoms with Crippen molar-refractivity contribution in [3.63, 3.8) is 0 Å². The predicted octanol–water partition coefficient (Wildman–Crippen LogP) is 1.85. The largest absolute Gasteiger partial charge is 0.345 e. The molecule has 0 radical (unpaired) electrons. The molecule has 5 heteroatoms. The second-order valence-electron chi connectivity index (χ2n) is 6.06. The van der Waals surface area contributed by atoms with E-state index < -0.39 is 0 Å². The Morgan fingerprint density at radius 3 is 2.57 bits per heavy atom. The van der Waals surface area contributed by atoms with Gasteiger partial charge in [0.15, 0.2) is 0 Å². The van der Waals surface area contributed by atoms with Crippen molar-refractivity contribution < 1.29 is 9.59 Å². The lowest BCUT2D eigenvalue weighted by molar-refractivity contribution is -0.119. The minimum absolute atomic E-state index is 0.0127. The molecule has 0 saturated heterocycles. The quantitative estimate of drug-likeness (QED) is 0.868.